The monoisotopic (exact) mass is 224 g/mol. The highest BCUT2D eigenvalue weighted by Gasteiger charge is 2.51. The van der Waals surface area contributed by atoms with Gasteiger partial charge < -0.3 is 5.11 Å². The zero-order chi connectivity index (χ0) is 12.0. The lowest BCUT2D eigenvalue weighted by atomic mass is 9.70. The van der Waals surface area contributed by atoms with E-state index in [1.165, 1.54) is 32.1 Å². The zero-order valence-electron chi connectivity index (χ0n) is 11.4. The van der Waals surface area contributed by atoms with Crippen LogP contribution in [0.15, 0.2) is 0 Å². The molecule has 0 amide bonds. The van der Waals surface area contributed by atoms with Crippen LogP contribution >= 0.6 is 0 Å². The first kappa shape index (κ1) is 12.4. The molecule has 2 fully saturated rings. The number of hydrogen-bond donors (Lipinski definition) is 1. The van der Waals surface area contributed by atoms with Crippen LogP contribution < -0.4 is 0 Å². The summed E-state index contributed by atoms with van der Waals surface area (Å²) in [6.45, 7) is 9.23. The van der Waals surface area contributed by atoms with Crippen LogP contribution in [0.2, 0.25) is 0 Å². The van der Waals surface area contributed by atoms with Crippen LogP contribution in [0, 0.1) is 23.2 Å². The minimum atomic E-state index is -0.357. The van der Waals surface area contributed by atoms with Gasteiger partial charge in [-0.05, 0) is 48.9 Å². The summed E-state index contributed by atoms with van der Waals surface area (Å²) in [5, 5.41) is 11.0. The molecule has 0 bridgehead atoms. The first-order chi connectivity index (χ1) is 7.33. The van der Waals surface area contributed by atoms with Gasteiger partial charge in [0.15, 0.2) is 0 Å². The Bertz CT molecular complexity index is 250. The molecule has 2 atom stereocenters. The van der Waals surface area contributed by atoms with Crippen LogP contribution in [0.1, 0.15) is 66.2 Å². The highest BCUT2D eigenvalue weighted by atomic mass is 16.3. The molecule has 1 N–H and O–H groups in total. The summed E-state index contributed by atoms with van der Waals surface area (Å²) in [6, 6.07) is 0. The molecule has 94 valence electrons. The Morgan fingerprint density at radius 2 is 1.56 bits per heavy atom. The summed E-state index contributed by atoms with van der Waals surface area (Å²) in [7, 11) is 0. The van der Waals surface area contributed by atoms with Crippen molar-refractivity contribution in [2.45, 2.75) is 71.8 Å². The second-order valence-corrected chi connectivity index (χ2v) is 7.39. The molecule has 2 aliphatic carbocycles. The van der Waals surface area contributed by atoms with Crippen molar-refractivity contribution in [2.24, 2.45) is 23.2 Å². The van der Waals surface area contributed by atoms with E-state index in [1.54, 1.807) is 0 Å². The number of hydrogen-bond acceptors (Lipinski definition) is 1. The Morgan fingerprint density at radius 1 is 1.00 bits per heavy atom. The average Bonchev–Trinajstić information content (AvgIpc) is 2.37. The van der Waals surface area contributed by atoms with Gasteiger partial charge in [0.25, 0.3) is 0 Å². The molecule has 0 aromatic rings. The molecule has 2 unspecified atom stereocenters. The highest BCUT2D eigenvalue weighted by molar-refractivity contribution is 5.02. The molecule has 2 rings (SSSR count). The smallest absolute Gasteiger partial charge is 0.0706 e. The number of rotatable bonds is 1. The summed E-state index contributed by atoms with van der Waals surface area (Å²) in [5.41, 5.74) is -0.0130. The number of aliphatic hydroxyl groups is 1. The maximum Gasteiger partial charge on any atom is 0.0706 e. The SMILES string of the molecule is CC1CCC(C2(O)CC(C)(C)CC2C)CC1. The predicted molar refractivity (Wildman–Crippen MR) is 68.3 cm³/mol. The van der Waals surface area contributed by atoms with Crippen molar-refractivity contribution >= 4 is 0 Å². The molecule has 0 aromatic carbocycles. The summed E-state index contributed by atoms with van der Waals surface area (Å²) in [6.07, 6.45) is 7.34. The average molecular weight is 224 g/mol. The topological polar surface area (TPSA) is 20.2 Å². The molecular formula is C15H28O. The van der Waals surface area contributed by atoms with Crippen LogP contribution in [0.3, 0.4) is 0 Å². The van der Waals surface area contributed by atoms with Crippen molar-refractivity contribution in [3.8, 4) is 0 Å². The standard InChI is InChI=1S/C15H28O/c1-11-5-7-13(8-6-11)15(16)10-14(3,4)9-12(15)2/h11-13,16H,5-10H2,1-4H3. The van der Waals surface area contributed by atoms with E-state index in [-0.39, 0.29) is 5.60 Å². The Kier molecular flexibility index (Phi) is 3.11. The fourth-order valence-electron chi connectivity index (χ4n) is 4.33. The van der Waals surface area contributed by atoms with Crippen LogP contribution in [-0.2, 0) is 0 Å². The predicted octanol–water partition coefficient (Wildman–Crippen LogP) is 4.00. The van der Waals surface area contributed by atoms with Crippen LogP contribution in [0.5, 0.6) is 0 Å². The third kappa shape index (κ3) is 2.16. The molecule has 0 radical (unpaired) electrons. The fraction of sp³-hybridized carbons (Fsp3) is 1.00. The Labute approximate surface area is 101 Å². The van der Waals surface area contributed by atoms with E-state index in [0.29, 0.717) is 17.3 Å². The molecule has 1 heteroatoms. The van der Waals surface area contributed by atoms with Crippen molar-refractivity contribution in [1.29, 1.82) is 0 Å². The first-order valence-corrected chi connectivity index (χ1v) is 7.06. The van der Waals surface area contributed by atoms with E-state index in [0.717, 1.165) is 12.3 Å². The molecule has 0 heterocycles. The van der Waals surface area contributed by atoms with E-state index < -0.39 is 0 Å². The van der Waals surface area contributed by atoms with Gasteiger partial charge in [-0.2, -0.15) is 0 Å². The van der Waals surface area contributed by atoms with Crippen molar-refractivity contribution in [2.75, 3.05) is 0 Å². The Balaban J connectivity index is 2.08. The molecule has 1 nitrogen and oxygen atoms in total. The van der Waals surface area contributed by atoms with Crippen molar-refractivity contribution in [3.63, 3.8) is 0 Å². The molecule has 16 heavy (non-hydrogen) atoms. The third-order valence-corrected chi connectivity index (χ3v) is 5.20. The summed E-state index contributed by atoms with van der Waals surface area (Å²) in [5.74, 6) is 1.94. The van der Waals surface area contributed by atoms with Gasteiger partial charge >= 0.3 is 0 Å². The minimum absolute atomic E-state index is 0.344. The third-order valence-electron chi connectivity index (χ3n) is 5.20. The quantitative estimate of drug-likeness (QED) is 0.714. The van der Waals surface area contributed by atoms with Gasteiger partial charge in [0, 0.05) is 0 Å². The lowest BCUT2D eigenvalue weighted by Gasteiger charge is -2.40. The molecule has 0 spiro atoms. The van der Waals surface area contributed by atoms with Gasteiger partial charge in [-0.15, -0.1) is 0 Å². The molecular weight excluding hydrogens is 196 g/mol. The molecule has 0 saturated heterocycles. The normalized spacial score (nSPS) is 48.2. The zero-order valence-corrected chi connectivity index (χ0v) is 11.4. The lowest BCUT2D eigenvalue weighted by molar-refractivity contribution is -0.0665. The van der Waals surface area contributed by atoms with E-state index >= 15 is 0 Å². The maximum absolute atomic E-state index is 11.0. The van der Waals surface area contributed by atoms with Gasteiger partial charge in [0.2, 0.25) is 0 Å². The maximum atomic E-state index is 11.0. The molecule has 2 saturated carbocycles. The van der Waals surface area contributed by atoms with E-state index in [1.807, 2.05) is 0 Å². The van der Waals surface area contributed by atoms with Gasteiger partial charge in [0.05, 0.1) is 5.60 Å². The van der Waals surface area contributed by atoms with Gasteiger partial charge in [-0.1, -0.05) is 40.5 Å². The summed E-state index contributed by atoms with van der Waals surface area (Å²) >= 11 is 0. The van der Waals surface area contributed by atoms with Crippen molar-refractivity contribution in [3.05, 3.63) is 0 Å². The first-order valence-electron chi connectivity index (χ1n) is 7.06. The van der Waals surface area contributed by atoms with E-state index in [4.69, 9.17) is 0 Å². The van der Waals surface area contributed by atoms with Gasteiger partial charge in [-0.3, -0.25) is 0 Å². The van der Waals surface area contributed by atoms with E-state index in [2.05, 4.69) is 27.7 Å². The van der Waals surface area contributed by atoms with Crippen LogP contribution in [0.25, 0.3) is 0 Å². The van der Waals surface area contributed by atoms with Crippen molar-refractivity contribution < 1.29 is 5.11 Å². The second-order valence-electron chi connectivity index (χ2n) is 7.39. The largest absolute Gasteiger partial charge is 0.389 e. The highest BCUT2D eigenvalue weighted by Crippen LogP contribution is 2.53. The summed E-state index contributed by atoms with van der Waals surface area (Å²) in [4.78, 5) is 0. The summed E-state index contributed by atoms with van der Waals surface area (Å²) < 4.78 is 0. The fourth-order valence-corrected chi connectivity index (χ4v) is 4.33. The van der Waals surface area contributed by atoms with E-state index in [9.17, 15) is 5.11 Å². The molecule has 2 aliphatic rings. The van der Waals surface area contributed by atoms with Gasteiger partial charge in [0.1, 0.15) is 0 Å². The minimum Gasteiger partial charge on any atom is -0.389 e. The Morgan fingerprint density at radius 3 is 2.00 bits per heavy atom. The van der Waals surface area contributed by atoms with Crippen LogP contribution in [-0.4, -0.2) is 10.7 Å². The van der Waals surface area contributed by atoms with Crippen LogP contribution in [0.4, 0.5) is 0 Å². The molecule has 0 aliphatic heterocycles. The second kappa shape index (κ2) is 4.01. The lowest BCUT2D eigenvalue weighted by Crippen LogP contribution is -2.42. The Hall–Kier alpha value is -0.0400. The van der Waals surface area contributed by atoms with Crippen molar-refractivity contribution in [1.82, 2.24) is 0 Å². The molecule has 0 aromatic heterocycles. The van der Waals surface area contributed by atoms with Gasteiger partial charge in [-0.25, -0.2) is 0 Å².